The maximum Gasteiger partial charge on any atom is 0.339 e. The normalized spacial score (nSPS) is 11.4. The van der Waals surface area contributed by atoms with Crippen molar-refractivity contribution in [2.24, 2.45) is 0 Å². The molecule has 2 rings (SSSR count). The minimum Gasteiger partial charge on any atom is -0.512 e. The zero-order valence-corrected chi connectivity index (χ0v) is 17.8. The van der Waals surface area contributed by atoms with Gasteiger partial charge in [0.25, 0.3) is 0 Å². The summed E-state index contributed by atoms with van der Waals surface area (Å²) >= 11 is 0. The molecule has 30 heavy (non-hydrogen) atoms. The second-order valence-electron chi connectivity index (χ2n) is 7.75. The molecule has 0 aliphatic carbocycles. The summed E-state index contributed by atoms with van der Waals surface area (Å²) in [4.78, 5) is 11.8. The van der Waals surface area contributed by atoms with Gasteiger partial charge in [0.1, 0.15) is 17.1 Å². The number of benzene rings is 2. The number of carboxylic acid groups (broad SMARTS) is 1. The summed E-state index contributed by atoms with van der Waals surface area (Å²) in [5.74, 6) is -1.37. The molecule has 0 bridgehead atoms. The van der Waals surface area contributed by atoms with E-state index in [1.54, 1.807) is 0 Å². The average Bonchev–Trinajstić information content (AvgIpc) is 2.70. The van der Waals surface area contributed by atoms with E-state index in [9.17, 15) is 25.2 Å². The molecular formula is C25H30O5. The van der Waals surface area contributed by atoms with Gasteiger partial charge in [0.2, 0.25) is 0 Å². The Morgan fingerprint density at radius 3 is 2.23 bits per heavy atom. The number of phenolic OH excluding ortho intramolecular Hbond substituents is 1. The number of carbonyl (C=O) groups is 1. The molecule has 160 valence electrons. The summed E-state index contributed by atoms with van der Waals surface area (Å²) in [6.07, 6.45) is 4.19. The molecule has 0 spiro atoms. The van der Waals surface area contributed by atoms with Gasteiger partial charge in [-0.1, -0.05) is 42.0 Å². The predicted octanol–water partition coefficient (Wildman–Crippen LogP) is 5.70. The molecule has 0 atom stereocenters. The van der Waals surface area contributed by atoms with Crippen molar-refractivity contribution in [2.75, 3.05) is 0 Å². The van der Waals surface area contributed by atoms with Crippen LogP contribution >= 0.6 is 0 Å². The number of aliphatic hydroxyl groups excluding tert-OH is 1. The third-order valence-electron chi connectivity index (χ3n) is 5.19. The third kappa shape index (κ3) is 6.14. The van der Waals surface area contributed by atoms with Crippen LogP contribution < -0.4 is 0 Å². The number of aromatic carboxylic acids is 1. The van der Waals surface area contributed by atoms with Crippen LogP contribution in [0.5, 0.6) is 11.5 Å². The van der Waals surface area contributed by atoms with Gasteiger partial charge in [-0.3, -0.25) is 0 Å². The number of rotatable bonds is 9. The lowest BCUT2D eigenvalue weighted by Gasteiger charge is -2.14. The number of aryl methyl sites for hydroxylation is 2. The lowest BCUT2D eigenvalue weighted by atomic mass is 9.94. The van der Waals surface area contributed by atoms with Crippen LogP contribution in [0.1, 0.15) is 60.7 Å². The summed E-state index contributed by atoms with van der Waals surface area (Å²) < 4.78 is 0. The molecule has 0 fully saturated rings. The van der Waals surface area contributed by atoms with Crippen LogP contribution in [-0.2, 0) is 19.3 Å². The number of aromatic hydroxyl groups is 2. The highest BCUT2D eigenvalue weighted by Gasteiger charge is 2.21. The van der Waals surface area contributed by atoms with Crippen LogP contribution in [0.3, 0.4) is 0 Å². The first-order valence-electron chi connectivity index (χ1n) is 10.1. The van der Waals surface area contributed by atoms with E-state index in [1.165, 1.54) is 6.07 Å². The monoisotopic (exact) mass is 410 g/mol. The Balaban J connectivity index is 2.23. The average molecular weight is 411 g/mol. The van der Waals surface area contributed by atoms with Gasteiger partial charge in [0.05, 0.1) is 5.76 Å². The van der Waals surface area contributed by atoms with Crippen molar-refractivity contribution in [3.63, 3.8) is 0 Å². The van der Waals surface area contributed by atoms with Crippen molar-refractivity contribution in [3.05, 3.63) is 81.6 Å². The Labute approximate surface area is 177 Å². The number of aliphatic hydroxyl groups is 1. The maximum atomic E-state index is 11.8. The summed E-state index contributed by atoms with van der Waals surface area (Å²) in [5.41, 5.74) is 3.34. The van der Waals surface area contributed by atoms with Gasteiger partial charge in [0.15, 0.2) is 0 Å². The highest BCUT2D eigenvalue weighted by molar-refractivity contribution is 5.93. The highest BCUT2D eigenvalue weighted by atomic mass is 16.4. The first-order valence-corrected chi connectivity index (χ1v) is 10.1. The van der Waals surface area contributed by atoms with Crippen LogP contribution in [-0.4, -0.2) is 26.4 Å². The fourth-order valence-electron chi connectivity index (χ4n) is 3.25. The largest absolute Gasteiger partial charge is 0.512 e. The van der Waals surface area contributed by atoms with Crippen molar-refractivity contribution in [1.82, 2.24) is 0 Å². The Morgan fingerprint density at radius 1 is 0.967 bits per heavy atom. The number of phenols is 2. The van der Waals surface area contributed by atoms with Crippen molar-refractivity contribution in [3.8, 4) is 11.5 Å². The first kappa shape index (κ1) is 23.1. The Hall–Kier alpha value is -3.21. The van der Waals surface area contributed by atoms with Gasteiger partial charge in [-0.2, -0.15) is 0 Å². The quantitative estimate of drug-likeness (QED) is 0.314. The predicted molar refractivity (Wildman–Crippen MR) is 118 cm³/mol. The first-order chi connectivity index (χ1) is 14.2. The molecule has 0 amide bonds. The van der Waals surface area contributed by atoms with Crippen molar-refractivity contribution < 1.29 is 25.2 Å². The van der Waals surface area contributed by atoms with E-state index in [0.717, 1.165) is 16.7 Å². The molecule has 4 N–H and O–H groups in total. The summed E-state index contributed by atoms with van der Waals surface area (Å²) in [7, 11) is 0. The van der Waals surface area contributed by atoms with Crippen LogP contribution in [0.15, 0.2) is 59.4 Å². The van der Waals surface area contributed by atoms with E-state index >= 15 is 0 Å². The number of carboxylic acids is 1. The van der Waals surface area contributed by atoms with Crippen LogP contribution in [0.4, 0.5) is 0 Å². The smallest absolute Gasteiger partial charge is 0.339 e. The van der Waals surface area contributed by atoms with Crippen molar-refractivity contribution in [1.29, 1.82) is 0 Å². The van der Waals surface area contributed by atoms with Crippen molar-refractivity contribution >= 4 is 5.97 Å². The molecule has 0 aromatic heterocycles. The van der Waals surface area contributed by atoms with Gasteiger partial charge in [0, 0.05) is 12.0 Å². The molecule has 0 radical (unpaired) electrons. The molecule has 2 aromatic rings. The van der Waals surface area contributed by atoms with Gasteiger partial charge < -0.3 is 20.4 Å². The van der Waals surface area contributed by atoms with E-state index in [4.69, 9.17) is 0 Å². The van der Waals surface area contributed by atoms with Crippen LogP contribution in [0.2, 0.25) is 0 Å². The van der Waals surface area contributed by atoms with Gasteiger partial charge in [-0.05, 0) is 69.2 Å². The number of hydrogen-bond acceptors (Lipinski definition) is 4. The molecule has 0 saturated heterocycles. The molecule has 0 aliphatic rings. The lowest BCUT2D eigenvalue weighted by Crippen LogP contribution is -2.06. The summed E-state index contributed by atoms with van der Waals surface area (Å²) in [5, 5.41) is 40.5. The van der Waals surface area contributed by atoms with E-state index in [-0.39, 0.29) is 29.0 Å². The van der Waals surface area contributed by atoms with Gasteiger partial charge >= 0.3 is 5.97 Å². The fraction of sp³-hybridized carbons (Fsp3) is 0.320. The second-order valence-corrected chi connectivity index (χ2v) is 7.75. The molecule has 5 heteroatoms. The number of hydrogen-bond donors (Lipinski definition) is 4. The minimum atomic E-state index is -1.22. The zero-order chi connectivity index (χ0) is 22.3. The lowest BCUT2D eigenvalue weighted by molar-refractivity contribution is 0.0692. The molecule has 0 heterocycles. The maximum absolute atomic E-state index is 11.8. The van der Waals surface area contributed by atoms with E-state index in [0.29, 0.717) is 37.0 Å². The van der Waals surface area contributed by atoms with Crippen molar-refractivity contribution in [2.45, 2.75) is 52.9 Å². The minimum absolute atomic E-state index is 0.114. The zero-order valence-electron chi connectivity index (χ0n) is 17.8. The van der Waals surface area contributed by atoms with E-state index in [1.807, 2.05) is 57.2 Å². The third-order valence-corrected chi connectivity index (χ3v) is 5.19. The standard InChI is InChI=1S/C25H30O5/c1-16(2)21(26)14-10-17(3)9-13-20-22(27)15-19(23(24(20)28)25(29)30)12-11-18-7-5-4-6-8-18/h4-9,15,26-28H,10-14H2,1-3H3,(H,29,30)/b17-9+. The molecule has 0 unspecified atom stereocenters. The van der Waals surface area contributed by atoms with Gasteiger partial charge in [-0.25, -0.2) is 4.79 Å². The SMILES string of the molecule is CC(C)=C(O)CC/C(C)=C/Cc1c(O)cc(CCc2ccccc2)c(C(=O)O)c1O. The number of allylic oxidation sites excluding steroid dienone is 4. The molecule has 5 nitrogen and oxygen atoms in total. The summed E-state index contributed by atoms with van der Waals surface area (Å²) in [6.45, 7) is 5.59. The van der Waals surface area contributed by atoms with E-state index in [2.05, 4.69) is 0 Å². The fourth-order valence-corrected chi connectivity index (χ4v) is 3.25. The molecule has 0 aliphatic heterocycles. The molecule has 0 saturated carbocycles. The topological polar surface area (TPSA) is 98.0 Å². The Kier molecular flexibility index (Phi) is 8.10. The molecule has 2 aromatic carbocycles. The highest BCUT2D eigenvalue weighted by Crippen LogP contribution is 2.35. The Morgan fingerprint density at radius 2 is 1.63 bits per heavy atom. The van der Waals surface area contributed by atoms with Crippen LogP contribution in [0, 0.1) is 0 Å². The second kappa shape index (κ2) is 10.5. The summed E-state index contributed by atoms with van der Waals surface area (Å²) in [6, 6.07) is 11.1. The Bertz CT molecular complexity index is 951. The van der Waals surface area contributed by atoms with E-state index < -0.39 is 5.97 Å². The van der Waals surface area contributed by atoms with Crippen LogP contribution in [0.25, 0.3) is 0 Å². The van der Waals surface area contributed by atoms with Gasteiger partial charge in [-0.15, -0.1) is 0 Å². The molecular weight excluding hydrogens is 380 g/mol.